The second-order valence-electron chi connectivity index (χ2n) is 9.26. The predicted molar refractivity (Wildman–Crippen MR) is 125 cm³/mol. The number of hydrogen-bond donors (Lipinski definition) is 3. The normalized spacial score (nSPS) is 15.5. The van der Waals surface area contributed by atoms with Gasteiger partial charge in [-0.15, -0.1) is 5.06 Å². The van der Waals surface area contributed by atoms with Crippen molar-refractivity contribution < 1.29 is 33.9 Å². The standard InChI is InChI=1S/C24H41N3O7/c1-4-5-6-7-8-9-10-11-12-13-19(28)26-22(25-18(23(31)32)16-17(2)3)24(33)34-27-20(29)14-15-21(27)30/h17-18,22,25H,4-16H2,1-3H3,(H,26,28)(H,31,32)/t18-,22?/m0/s1. The number of carboxylic acids is 1. The van der Waals surface area contributed by atoms with E-state index >= 15 is 0 Å². The number of imide groups is 1. The third-order valence-corrected chi connectivity index (χ3v) is 5.61. The number of carbonyl (C=O) groups excluding carboxylic acids is 4. The molecule has 0 radical (unpaired) electrons. The van der Waals surface area contributed by atoms with Crippen LogP contribution in [-0.4, -0.2) is 52.0 Å². The van der Waals surface area contributed by atoms with E-state index < -0.39 is 41.9 Å². The smallest absolute Gasteiger partial charge is 0.369 e. The van der Waals surface area contributed by atoms with Crippen molar-refractivity contribution in [3.63, 3.8) is 0 Å². The molecule has 1 unspecified atom stereocenters. The van der Waals surface area contributed by atoms with Crippen LogP contribution >= 0.6 is 0 Å². The van der Waals surface area contributed by atoms with Crippen LogP contribution in [0.4, 0.5) is 0 Å². The highest BCUT2D eigenvalue weighted by Crippen LogP contribution is 2.14. The van der Waals surface area contributed by atoms with Gasteiger partial charge in [0.25, 0.3) is 11.8 Å². The fourth-order valence-corrected chi connectivity index (χ4v) is 3.71. The molecule has 194 valence electrons. The summed E-state index contributed by atoms with van der Waals surface area (Å²) >= 11 is 0. The molecule has 1 heterocycles. The van der Waals surface area contributed by atoms with E-state index in [1.165, 1.54) is 32.1 Å². The first kappa shape index (κ1) is 29.5. The predicted octanol–water partition coefficient (Wildman–Crippen LogP) is 3.05. The Balaban J connectivity index is 2.61. The van der Waals surface area contributed by atoms with Gasteiger partial charge in [-0.1, -0.05) is 72.1 Å². The molecule has 0 aromatic rings. The Hall–Kier alpha value is -2.49. The average molecular weight is 484 g/mol. The Morgan fingerprint density at radius 2 is 1.47 bits per heavy atom. The molecule has 3 amide bonds. The van der Waals surface area contributed by atoms with Crippen LogP contribution in [0, 0.1) is 5.92 Å². The van der Waals surface area contributed by atoms with Gasteiger partial charge in [0.1, 0.15) is 6.04 Å². The van der Waals surface area contributed by atoms with Crippen molar-refractivity contribution in [2.75, 3.05) is 0 Å². The van der Waals surface area contributed by atoms with Gasteiger partial charge in [0, 0.05) is 19.3 Å². The number of amides is 3. The minimum absolute atomic E-state index is 0.00434. The summed E-state index contributed by atoms with van der Waals surface area (Å²) < 4.78 is 0. The van der Waals surface area contributed by atoms with Gasteiger partial charge < -0.3 is 15.3 Å². The van der Waals surface area contributed by atoms with Crippen molar-refractivity contribution in [1.82, 2.24) is 15.7 Å². The number of aliphatic carboxylic acids is 1. The summed E-state index contributed by atoms with van der Waals surface area (Å²) in [6.07, 6.45) is 8.54. The number of carbonyl (C=O) groups is 5. The Morgan fingerprint density at radius 1 is 0.941 bits per heavy atom. The number of hydroxylamine groups is 2. The van der Waals surface area contributed by atoms with Gasteiger partial charge in [-0.3, -0.25) is 24.5 Å². The molecule has 2 atom stereocenters. The number of unbranched alkanes of at least 4 members (excludes halogenated alkanes) is 8. The van der Waals surface area contributed by atoms with E-state index in [9.17, 15) is 29.1 Å². The number of nitrogens with zero attached hydrogens (tertiary/aromatic N) is 1. The molecule has 0 spiro atoms. The summed E-state index contributed by atoms with van der Waals surface area (Å²) in [5.74, 6) is -4.05. The van der Waals surface area contributed by atoms with E-state index in [2.05, 4.69) is 17.6 Å². The number of hydrogen-bond acceptors (Lipinski definition) is 7. The minimum atomic E-state index is -1.51. The lowest BCUT2D eigenvalue weighted by Crippen LogP contribution is -2.58. The van der Waals surface area contributed by atoms with Gasteiger partial charge in [0.05, 0.1) is 0 Å². The molecule has 0 aliphatic carbocycles. The third-order valence-electron chi connectivity index (χ3n) is 5.61. The molecule has 0 aromatic carbocycles. The second kappa shape index (κ2) is 16.2. The quantitative estimate of drug-likeness (QED) is 0.153. The molecule has 34 heavy (non-hydrogen) atoms. The van der Waals surface area contributed by atoms with Crippen LogP contribution in [0.25, 0.3) is 0 Å². The maximum absolute atomic E-state index is 12.7. The van der Waals surface area contributed by atoms with E-state index in [0.29, 0.717) is 11.5 Å². The van der Waals surface area contributed by atoms with E-state index in [-0.39, 0.29) is 31.6 Å². The lowest BCUT2D eigenvalue weighted by Gasteiger charge is -2.25. The largest absolute Gasteiger partial charge is 0.480 e. The molecular weight excluding hydrogens is 442 g/mol. The summed E-state index contributed by atoms with van der Waals surface area (Å²) in [5, 5.41) is 14.9. The number of carboxylic acid groups (broad SMARTS) is 1. The van der Waals surface area contributed by atoms with Crippen LogP contribution < -0.4 is 10.6 Å². The molecule has 1 aliphatic rings. The van der Waals surface area contributed by atoms with Crippen LogP contribution in [-0.2, 0) is 28.8 Å². The maximum atomic E-state index is 12.7. The molecule has 1 aliphatic heterocycles. The Bertz CT molecular complexity index is 680. The summed E-state index contributed by atoms with van der Waals surface area (Å²) in [4.78, 5) is 65.2. The molecule has 3 N–H and O–H groups in total. The minimum Gasteiger partial charge on any atom is -0.480 e. The fourth-order valence-electron chi connectivity index (χ4n) is 3.71. The van der Waals surface area contributed by atoms with Crippen LogP contribution in [0.3, 0.4) is 0 Å². The SMILES string of the molecule is CCCCCCCCCCCC(=O)NC(N[C@@H](CC(C)C)C(=O)O)C(=O)ON1C(=O)CCC1=O. The molecule has 0 aromatic heterocycles. The van der Waals surface area contributed by atoms with Gasteiger partial charge in [0.15, 0.2) is 6.17 Å². The maximum Gasteiger partial charge on any atom is 0.369 e. The highest BCUT2D eigenvalue weighted by Gasteiger charge is 2.36. The summed E-state index contributed by atoms with van der Waals surface area (Å²) in [6, 6.07) is -1.13. The Kier molecular flexibility index (Phi) is 14.1. The van der Waals surface area contributed by atoms with Crippen molar-refractivity contribution in [1.29, 1.82) is 0 Å². The fraction of sp³-hybridized carbons (Fsp3) is 0.792. The molecular formula is C24H41N3O7. The molecule has 10 nitrogen and oxygen atoms in total. The van der Waals surface area contributed by atoms with E-state index in [4.69, 9.17) is 4.84 Å². The molecule has 0 saturated carbocycles. The molecule has 10 heteroatoms. The van der Waals surface area contributed by atoms with Crippen LogP contribution in [0.15, 0.2) is 0 Å². The van der Waals surface area contributed by atoms with Crippen molar-refractivity contribution in [3.05, 3.63) is 0 Å². The zero-order valence-electron chi connectivity index (χ0n) is 20.8. The number of rotatable bonds is 18. The zero-order valence-corrected chi connectivity index (χ0v) is 20.8. The first-order chi connectivity index (χ1) is 16.1. The number of nitrogens with one attached hydrogen (secondary N) is 2. The molecule has 1 saturated heterocycles. The van der Waals surface area contributed by atoms with Crippen LogP contribution in [0.2, 0.25) is 0 Å². The van der Waals surface area contributed by atoms with Crippen LogP contribution in [0.5, 0.6) is 0 Å². The monoisotopic (exact) mass is 483 g/mol. The molecule has 1 fully saturated rings. The Morgan fingerprint density at radius 3 is 1.97 bits per heavy atom. The molecule has 1 rings (SSSR count). The summed E-state index contributed by atoms with van der Waals surface area (Å²) in [7, 11) is 0. The first-order valence-electron chi connectivity index (χ1n) is 12.5. The van der Waals surface area contributed by atoms with Crippen molar-refractivity contribution in [3.8, 4) is 0 Å². The summed E-state index contributed by atoms with van der Waals surface area (Å²) in [5.41, 5.74) is 0. The van der Waals surface area contributed by atoms with Gasteiger partial charge in [-0.25, -0.2) is 4.79 Å². The van der Waals surface area contributed by atoms with E-state index in [1.807, 2.05) is 13.8 Å². The lowest BCUT2D eigenvalue weighted by molar-refractivity contribution is -0.200. The van der Waals surface area contributed by atoms with Gasteiger partial charge in [0.2, 0.25) is 5.91 Å². The van der Waals surface area contributed by atoms with E-state index in [0.717, 1.165) is 19.3 Å². The average Bonchev–Trinajstić information content (AvgIpc) is 3.08. The zero-order chi connectivity index (χ0) is 25.5. The highest BCUT2D eigenvalue weighted by atomic mass is 16.7. The van der Waals surface area contributed by atoms with Crippen molar-refractivity contribution >= 4 is 29.7 Å². The third kappa shape index (κ3) is 11.6. The van der Waals surface area contributed by atoms with Gasteiger partial charge >= 0.3 is 11.9 Å². The topological polar surface area (TPSA) is 142 Å². The van der Waals surface area contributed by atoms with Gasteiger partial charge in [-0.05, 0) is 18.8 Å². The lowest BCUT2D eigenvalue weighted by atomic mass is 10.0. The summed E-state index contributed by atoms with van der Waals surface area (Å²) in [6.45, 7) is 5.84. The Labute approximate surface area is 202 Å². The van der Waals surface area contributed by atoms with E-state index in [1.54, 1.807) is 0 Å². The second-order valence-corrected chi connectivity index (χ2v) is 9.26. The van der Waals surface area contributed by atoms with Crippen molar-refractivity contribution in [2.24, 2.45) is 5.92 Å². The molecule has 0 bridgehead atoms. The van der Waals surface area contributed by atoms with Crippen LogP contribution in [0.1, 0.15) is 104 Å². The van der Waals surface area contributed by atoms with Crippen molar-refractivity contribution in [2.45, 2.75) is 116 Å². The van der Waals surface area contributed by atoms with Gasteiger partial charge in [-0.2, -0.15) is 0 Å². The first-order valence-corrected chi connectivity index (χ1v) is 12.5. The highest BCUT2D eigenvalue weighted by molar-refractivity contribution is 6.02.